The van der Waals surface area contributed by atoms with E-state index in [4.69, 9.17) is 0 Å². The number of hydrogen-bond donors (Lipinski definition) is 1. The van der Waals surface area contributed by atoms with Gasteiger partial charge in [0.05, 0.1) is 10.6 Å². The van der Waals surface area contributed by atoms with Crippen LogP contribution in [0.5, 0.6) is 0 Å². The normalized spacial score (nSPS) is 10.3. The molecule has 20 heavy (non-hydrogen) atoms. The molecule has 1 N–H and O–H groups in total. The van der Waals surface area contributed by atoms with Crippen LogP contribution < -0.4 is 5.32 Å². The van der Waals surface area contributed by atoms with Crippen molar-refractivity contribution in [3.63, 3.8) is 0 Å². The van der Waals surface area contributed by atoms with Gasteiger partial charge < -0.3 is 5.32 Å². The molecule has 0 atom stereocenters. The van der Waals surface area contributed by atoms with E-state index in [0.717, 1.165) is 15.7 Å². The number of halogens is 1. The summed E-state index contributed by atoms with van der Waals surface area (Å²) in [6.07, 6.45) is 0. The van der Waals surface area contributed by atoms with Crippen LogP contribution in [0.25, 0.3) is 0 Å². The lowest BCUT2D eigenvalue weighted by Crippen LogP contribution is -2.04. The number of nitrogens with one attached hydrogen (secondary N) is 1. The van der Waals surface area contributed by atoms with Crippen molar-refractivity contribution in [1.82, 2.24) is 0 Å². The Morgan fingerprint density at radius 1 is 1.25 bits per heavy atom. The average Bonchev–Trinajstić information content (AvgIpc) is 2.37. The molecule has 4 nitrogen and oxygen atoms in total. The van der Waals surface area contributed by atoms with E-state index in [-0.39, 0.29) is 10.6 Å². The Labute approximate surface area is 126 Å². The molecule has 2 aromatic rings. The molecule has 0 unspecified atom stereocenters. The zero-order valence-electron chi connectivity index (χ0n) is 11.3. The summed E-state index contributed by atoms with van der Waals surface area (Å²) in [6.45, 7) is 4.46. The zero-order chi connectivity index (χ0) is 14.7. The third-order valence-electron chi connectivity index (χ3n) is 3.08. The highest BCUT2D eigenvalue weighted by molar-refractivity contribution is 9.10. The molecule has 0 aliphatic heterocycles. The molecule has 0 heterocycles. The molecule has 2 rings (SSSR count). The lowest BCUT2D eigenvalue weighted by molar-refractivity contribution is -0.385. The Morgan fingerprint density at radius 2 is 1.95 bits per heavy atom. The summed E-state index contributed by atoms with van der Waals surface area (Å²) in [5, 5.41) is 14.2. The smallest absolute Gasteiger partial charge is 0.274 e. The molecular formula is C15H15BrN2O2. The maximum absolute atomic E-state index is 11.0. The van der Waals surface area contributed by atoms with Crippen LogP contribution in [0.3, 0.4) is 0 Å². The standard InChI is InChI=1S/C15H15BrN2O2/c1-10-7-11(2)15(13(16)8-10)17-9-12-5-3-4-6-14(12)18(19)20/h3-8,17H,9H2,1-2H3. The van der Waals surface area contributed by atoms with Gasteiger partial charge >= 0.3 is 0 Å². The predicted molar refractivity (Wildman–Crippen MR) is 84.0 cm³/mol. The van der Waals surface area contributed by atoms with Gasteiger partial charge in [-0.2, -0.15) is 0 Å². The number of hydrogen-bond acceptors (Lipinski definition) is 3. The molecular weight excluding hydrogens is 320 g/mol. The van der Waals surface area contributed by atoms with E-state index >= 15 is 0 Å². The van der Waals surface area contributed by atoms with E-state index in [0.29, 0.717) is 12.1 Å². The maximum Gasteiger partial charge on any atom is 0.274 e. The molecule has 0 fully saturated rings. The average molecular weight is 335 g/mol. The molecule has 0 saturated heterocycles. The number of anilines is 1. The number of nitrogens with zero attached hydrogens (tertiary/aromatic N) is 1. The van der Waals surface area contributed by atoms with E-state index in [1.807, 2.05) is 19.9 Å². The Bertz CT molecular complexity index is 633. The minimum absolute atomic E-state index is 0.140. The summed E-state index contributed by atoms with van der Waals surface area (Å²) >= 11 is 3.52. The monoisotopic (exact) mass is 334 g/mol. The quantitative estimate of drug-likeness (QED) is 0.657. The van der Waals surface area contributed by atoms with Gasteiger partial charge in [-0.3, -0.25) is 10.1 Å². The summed E-state index contributed by atoms with van der Waals surface area (Å²) in [6, 6.07) is 10.9. The molecule has 0 amide bonds. The maximum atomic E-state index is 11.0. The molecule has 0 aliphatic rings. The SMILES string of the molecule is Cc1cc(C)c(NCc2ccccc2[N+](=O)[O-])c(Br)c1. The number of nitro groups is 1. The van der Waals surface area contributed by atoms with Crippen LogP contribution in [0.1, 0.15) is 16.7 Å². The van der Waals surface area contributed by atoms with Crippen molar-refractivity contribution in [2.45, 2.75) is 20.4 Å². The first-order valence-corrected chi connectivity index (χ1v) is 7.01. The van der Waals surface area contributed by atoms with Crippen molar-refractivity contribution < 1.29 is 4.92 Å². The lowest BCUT2D eigenvalue weighted by Gasteiger charge is -2.13. The molecule has 0 radical (unpaired) electrons. The summed E-state index contributed by atoms with van der Waals surface area (Å²) in [5.41, 5.74) is 4.06. The highest BCUT2D eigenvalue weighted by Crippen LogP contribution is 2.29. The van der Waals surface area contributed by atoms with Crippen LogP contribution >= 0.6 is 15.9 Å². The van der Waals surface area contributed by atoms with Gasteiger partial charge in [0.25, 0.3) is 5.69 Å². The van der Waals surface area contributed by atoms with Gasteiger partial charge in [-0.25, -0.2) is 0 Å². The first-order valence-electron chi connectivity index (χ1n) is 6.22. The van der Waals surface area contributed by atoms with Crippen LogP contribution in [0.15, 0.2) is 40.9 Å². The number of aryl methyl sites for hydroxylation is 2. The van der Waals surface area contributed by atoms with E-state index in [1.165, 1.54) is 11.6 Å². The molecule has 2 aromatic carbocycles. The third-order valence-corrected chi connectivity index (χ3v) is 3.70. The minimum atomic E-state index is -0.353. The van der Waals surface area contributed by atoms with Crippen LogP contribution in [0.2, 0.25) is 0 Å². The van der Waals surface area contributed by atoms with Gasteiger partial charge in [0.1, 0.15) is 0 Å². The van der Waals surface area contributed by atoms with E-state index in [9.17, 15) is 10.1 Å². The lowest BCUT2D eigenvalue weighted by atomic mass is 10.1. The van der Waals surface area contributed by atoms with Crippen molar-refractivity contribution in [2.24, 2.45) is 0 Å². The van der Waals surface area contributed by atoms with Gasteiger partial charge in [0.2, 0.25) is 0 Å². The minimum Gasteiger partial charge on any atom is -0.380 e. The zero-order valence-corrected chi connectivity index (χ0v) is 12.9. The molecule has 0 aromatic heterocycles. The van der Waals surface area contributed by atoms with Gasteiger partial charge in [-0.1, -0.05) is 24.3 Å². The fourth-order valence-corrected chi connectivity index (χ4v) is 2.98. The van der Waals surface area contributed by atoms with Crippen molar-refractivity contribution in [2.75, 3.05) is 5.32 Å². The molecule has 0 aliphatic carbocycles. The predicted octanol–water partition coefficient (Wildman–Crippen LogP) is 4.59. The van der Waals surface area contributed by atoms with Crippen molar-refractivity contribution >= 4 is 27.3 Å². The highest BCUT2D eigenvalue weighted by atomic mass is 79.9. The van der Waals surface area contributed by atoms with Crippen LogP contribution in [0, 0.1) is 24.0 Å². The molecule has 0 bridgehead atoms. The van der Waals surface area contributed by atoms with E-state index < -0.39 is 0 Å². The van der Waals surface area contributed by atoms with Crippen LogP contribution in [-0.4, -0.2) is 4.92 Å². The number of nitro benzene ring substituents is 1. The third kappa shape index (κ3) is 3.17. The Morgan fingerprint density at radius 3 is 2.60 bits per heavy atom. The van der Waals surface area contributed by atoms with E-state index in [1.54, 1.807) is 18.2 Å². The number of rotatable bonds is 4. The van der Waals surface area contributed by atoms with Crippen LogP contribution in [0.4, 0.5) is 11.4 Å². The summed E-state index contributed by atoms with van der Waals surface area (Å²) in [5.74, 6) is 0. The first-order chi connectivity index (χ1) is 9.49. The summed E-state index contributed by atoms with van der Waals surface area (Å²) < 4.78 is 0.966. The Kier molecular flexibility index (Phi) is 4.39. The van der Waals surface area contributed by atoms with Gasteiger partial charge in [-0.05, 0) is 47.0 Å². The molecule has 104 valence electrons. The summed E-state index contributed by atoms with van der Waals surface area (Å²) in [4.78, 5) is 10.6. The second-order valence-electron chi connectivity index (χ2n) is 4.68. The Balaban J connectivity index is 2.24. The highest BCUT2D eigenvalue weighted by Gasteiger charge is 2.13. The molecule has 5 heteroatoms. The second-order valence-corrected chi connectivity index (χ2v) is 5.53. The van der Waals surface area contributed by atoms with Crippen molar-refractivity contribution in [3.8, 4) is 0 Å². The largest absolute Gasteiger partial charge is 0.380 e. The fraction of sp³-hybridized carbons (Fsp3) is 0.200. The van der Waals surface area contributed by atoms with Crippen LogP contribution in [-0.2, 0) is 6.54 Å². The topological polar surface area (TPSA) is 55.2 Å². The Hall–Kier alpha value is -1.88. The van der Waals surface area contributed by atoms with Gasteiger partial charge in [-0.15, -0.1) is 0 Å². The van der Waals surface area contributed by atoms with Gasteiger partial charge in [0.15, 0.2) is 0 Å². The van der Waals surface area contributed by atoms with E-state index in [2.05, 4.69) is 27.3 Å². The van der Waals surface area contributed by atoms with Crippen molar-refractivity contribution in [3.05, 3.63) is 67.7 Å². The van der Waals surface area contributed by atoms with Gasteiger partial charge in [0, 0.05) is 22.6 Å². The second kappa shape index (κ2) is 6.05. The number of para-hydroxylation sites is 1. The summed E-state index contributed by atoms with van der Waals surface area (Å²) in [7, 11) is 0. The molecule has 0 spiro atoms. The fourth-order valence-electron chi connectivity index (χ4n) is 2.16. The number of benzene rings is 2. The van der Waals surface area contributed by atoms with Crippen molar-refractivity contribution in [1.29, 1.82) is 0 Å². The first kappa shape index (κ1) is 14.5. The molecule has 0 saturated carbocycles.